The predicted octanol–water partition coefficient (Wildman–Crippen LogP) is 3.36. The smallest absolute Gasteiger partial charge is 0.308 e. The Morgan fingerprint density at radius 1 is 1.04 bits per heavy atom. The van der Waals surface area contributed by atoms with Crippen molar-refractivity contribution < 1.29 is 9.53 Å². The summed E-state index contributed by atoms with van der Waals surface area (Å²) in [6.07, 6.45) is 6.61. The van der Waals surface area contributed by atoms with Crippen molar-refractivity contribution >= 4 is 5.97 Å². The van der Waals surface area contributed by atoms with Crippen LogP contribution in [-0.4, -0.2) is 42.6 Å². The van der Waals surface area contributed by atoms with E-state index in [1.54, 1.807) is 0 Å². The fourth-order valence-corrected chi connectivity index (χ4v) is 4.19. The molecule has 0 atom stereocenters. The van der Waals surface area contributed by atoms with E-state index < -0.39 is 0 Å². The number of rotatable bonds is 6. The molecule has 4 nitrogen and oxygen atoms in total. The summed E-state index contributed by atoms with van der Waals surface area (Å²) in [5.41, 5.74) is 1.41. The standard InChI is InChI=1S/C21H32N2O2/c1-2-25-21(24)18-8-10-19(11-9-18)22-20-12-14-23(15-13-20)16-17-6-4-3-5-7-17/h3-7,18-20,22H,2,8-16H2,1H3. The lowest BCUT2D eigenvalue weighted by Crippen LogP contribution is -2.47. The van der Waals surface area contributed by atoms with Gasteiger partial charge in [-0.2, -0.15) is 0 Å². The number of likely N-dealkylation sites (tertiary alicyclic amines) is 1. The average Bonchev–Trinajstić information content (AvgIpc) is 2.65. The highest BCUT2D eigenvalue weighted by atomic mass is 16.5. The van der Waals surface area contributed by atoms with Gasteiger partial charge in [0.1, 0.15) is 0 Å². The van der Waals surface area contributed by atoms with Crippen LogP contribution in [0, 0.1) is 5.92 Å². The van der Waals surface area contributed by atoms with E-state index in [9.17, 15) is 4.79 Å². The Bertz CT molecular complexity index is 518. The number of nitrogens with one attached hydrogen (secondary N) is 1. The molecular formula is C21H32N2O2. The minimum Gasteiger partial charge on any atom is -0.466 e. The molecule has 1 aromatic carbocycles. The van der Waals surface area contributed by atoms with E-state index in [2.05, 4.69) is 40.5 Å². The minimum absolute atomic E-state index is 0.00942. The minimum atomic E-state index is 0.00942. The van der Waals surface area contributed by atoms with Gasteiger partial charge in [0, 0.05) is 18.6 Å². The average molecular weight is 344 g/mol. The Labute approximate surface area is 151 Å². The van der Waals surface area contributed by atoms with E-state index in [4.69, 9.17) is 4.74 Å². The third-order valence-electron chi connectivity index (χ3n) is 5.66. The van der Waals surface area contributed by atoms with Gasteiger partial charge >= 0.3 is 5.97 Å². The molecule has 2 aliphatic rings. The van der Waals surface area contributed by atoms with Gasteiger partial charge in [0.25, 0.3) is 0 Å². The third-order valence-corrected chi connectivity index (χ3v) is 5.66. The van der Waals surface area contributed by atoms with E-state index >= 15 is 0 Å². The van der Waals surface area contributed by atoms with Crippen LogP contribution in [0.15, 0.2) is 30.3 Å². The molecule has 0 spiro atoms. The highest BCUT2D eigenvalue weighted by Crippen LogP contribution is 2.26. The second kappa shape index (κ2) is 9.35. The summed E-state index contributed by atoms with van der Waals surface area (Å²) in [5, 5.41) is 3.85. The fourth-order valence-electron chi connectivity index (χ4n) is 4.19. The lowest BCUT2D eigenvalue weighted by atomic mass is 9.85. The summed E-state index contributed by atoms with van der Waals surface area (Å²) in [6.45, 7) is 5.79. The number of piperidine rings is 1. The SMILES string of the molecule is CCOC(=O)C1CCC(NC2CCN(Cc3ccccc3)CC2)CC1. The van der Waals surface area contributed by atoms with Gasteiger partial charge in [-0.1, -0.05) is 30.3 Å². The van der Waals surface area contributed by atoms with Crippen molar-refractivity contribution in [2.24, 2.45) is 5.92 Å². The Hall–Kier alpha value is -1.39. The molecule has 1 aliphatic heterocycles. The van der Waals surface area contributed by atoms with Crippen LogP contribution in [0.1, 0.15) is 51.0 Å². The quantitative estimate of drug-likeness (QED) is 0.804. The molecule has 0 radical (unpaired) electrons. The maximum Gasteiger partial charge on any atom is 0.308 e. The van der Waals surface area contributed by atoms with Crippen molar-refractivity contribution in [1.82, 2.24) is 10.2 Å². The third kappa shape index (κ3) is 5.55. The highest BCUT2D eigenvalue weighted by Gasteiger charge is 2.29. The van der Waals surface area contributed by atoms with Crippen LogP contribution in [0.3, 0.4) is 0 Å². The molecule has 4 heteroatoms. The van der Waals surface area contributed by atoms with Gasteiger partial charge < -0.3 is 10.1 Å². The van der Waals surface area contributed by atoms with Crippen LogP contribution >= 0.6 is 0 Å². The molecule has 1 heterocycles. The molecule has 0 bridgehead atoms. The zero-order valence-electron chi connectivity index (χ0n) is 15.5. The van der Waals surface area contributed by atoms with Crippen molar-refractivity contribution in [2.45, 2.75) is 64.1 Å². The molecule has 1 aliphatic carbocycles. The number of carbonyl (C=O) groups excluding carboxylic acids is 1. The number of esters is 1. The number of nitrogens with zero attached hydrogens (tertiary/aromatic N) is 1. The maximum absolute atomic E-state index is 11.8. The second-order valence-electron chi connectivity index (χ2n) is 7.50. The predicted molar refractivity (Wildman–Crippen MR) is 100 cm³/mol. The van der Waals surface area contributed by atoms with Crippen LogP contribution in [0.25, 0.3) is 0 Å². The van der Waals surface area contributed by atoms with Crippen molar-refractivity contribution in [3.8, 4) is 0 Å². The molecule has 0 amide bonds. The molecule has 138 valence electrons. The number of ether oxygens (including phenoxy) is 1. The first-order chi connectivity index (χ1) is 12.2. The zero-order valence-corrected chi connectivity index (χ0v) is 15.5. The molecular weight excluding hydrogens is 312 g/mol. The summed E-state index contributed by atoms with van der Waals surface area (Å²) in [4.78, 5) is 14.4. The lowest BCUT2D eigenvalue weighted by Gasteiger charge is -2.36. The van der Waals surface area contributed by atoms with Gasteiger partial charge in [-0.15, -0.1) is 0 Å². The topological polar surface area (TPSA) is 41.6 Å². The monoisotopic (exact) mass is 344 g/mol. The number of hydrogen-bond donors (Lipinski definition) is 1. The lowest BCUT2D eigenvalue weighted by molar-refractivity contribution is -0.149. The van der Waals surface area contributed by atoms with Gasteiger partial charge in [-0.05, 0) is 64.1 Å². The summed E-state index contributed by atoms with van der Waals surface area (Å²) in [5.74, 6) is 0.140. The second-order valence-corrected chi connectivity index (χ2v) is 7.50. The molecule has 1 aromatic rings. The first kappa shape index (κ1) is 18.4. The van der Waals surface area contributed by atoms with Crippen LogP contribution in [0.4, 0.5) is 0 Å². The largest absolute Gasteiger partial charge is 0.466 e. The number of carbonyl (C=O) groups is 1. The first-order valence-electron chi connectivity index (χ1n) is 9.93. The fraction of sp³-hybridized carbons (Fsp3) is 0.667. The first-order valence-corrected chi connectivity index (χ1v) is 9.93. The summed E-state index contributed by atoms with van der Waals surface area (Å²) < 4.78 is 5.16. The Kier molecular flexibility index (Phi) is 6.88. The molecule has 1 saturated heterocycles. The van der Waals surface area contributed by atoms with Gasteiger partial charge in [0.05, 0.1) is 12.5 Å². The Balaban J connectivity index is 1.35. The van der Waals surface area contributed by atoms with E-state index in [1.807, 2.05) is 6.92 Å². The van der Waals surface area contributed by atoms with Crippen molar-refractivity contribution in [2.75, 3.05) is 19.7 Å². The number of benzene rings is 1. The summed E-state index contributed by atoms with van der Waals surface area (Å²) >= 11 is 0. The van der Waals surface area contributed by atoms with Crippen molar-refractivity contribution in [1.29, 1.82) is 0 Å². The molecule has 3 rings (SSSR count). The molecule has 1 N–H and O–H groups in total. The van der Waals surface area contributed by atoms with Gasteiger partial charge in [-0.25, -0.2) is 0 Å². The van der Waals surface area contributed by atoms with Crippen molar-refractivity contribution in [3.63, 3.8) is 0 Å². The Morgan fingerprint density at radius 2 is 1.68 bits per heavy atom. The van der Waals surface area contributed by atoms with Gasteiger partial charge in [0.2, 0.25) is 0 Å². The van der Waals surface area contributed by atoms with E-state index in [1.165, 1.54) is 31.5 Å². The van der Waals surface area contributed by atoms with E-state index in [-0.39, 0.29) is 11.9 Å². The molecule has 1 saturated carbocycles. The van der Waals surface area contributed by atoms with Crippen molar-refractivity contribution in [3.05, 3.63) is 35.9 Å². The van der Waals surface area contributed by atoms with E-state index in [0.29, 0.717) is 18.7 Å². The van der Waals surface area contributed by atoms with Gasteiger partial charge in [-0.3, -0.25) is 9.69 Å². The molecule has 0 unspecified atom stereocenters. The van der Waals surface area contributed by atoms with Crippen LogP contribution < -0.4 is 5.32 Å². The molecule has 0 aromatic heterocycles. The maximum atomic E-state index is 11.8. The summed E-state index contributed by atoms with van der Waals surface area (Å²) in [6, 6.07) is 12.0. The van der Waals surface area contributed by atoms with Gasteiger partial charge in [0.15, 0.2) is 0 Å². The molecule has 25 heavy (non-hydrogen) atoms. The van der Waals surface area contributed by atoms with E-state index in [0.717, 1.165) is 32.2 Å². The normalized spacial score (nSPS) is 25.6. The highest BCUT2D eigenvalue weighted by molar-refractivity contribution is 5.72. The van der Waals surface area contributed by atoms with Crippen LogP contribution in [-0.2, 0) is 16.1 Å². The molecule has 2 fully saturated rings. The summed E-state index contributed by atoms with van der Waals surface area (Å²) in [7, 11) is 0. The van der Waals surface area contributed by atoms with Crippen LogP contribution in [0.2, 0.25) is 0 Å². The van der Waals surface area contributed by atoms with Crippen LogP contribution in [0.5, 0.6) is 0 Å². The zero-order chi connectivity index (χ0) is 17.5. The Morgan fingerprint density at radius 3 is 2.32 bits per heavy atom. The number of hydrogen-bond acceptors (Lipinski definition) is 4.